The van der Waals surface area contributed by atoms with Crippen molar-refractivity contribution in [1.29, 1.82) is 0 Å². The van der Waals surface area contributed by atoms with E-state index in [0.29, 0.717) is 22.6 Å². The zero-order valence-electron chi connectivity index (χ0n) is 16.0. The van der Waals surface area contributed by atoms with E-state index in [9.17, 15) is 19.4 Å². The fraction of sp³-hybridized carbons (Fsp3) is 0.136. The molecule has 0 spiro atoms. The Labute approximate surface area is 205 Å². The number of aliphatic carboxylic acids is 1. The number of halogens is 3. The van der Waals surface area contributed by atoms with Crippen LogP contribution in [-0.4, -0.2) is 27.3 Å². The summed E-state index contributed by atoms with van der Waals surface area (Å²) < 4.78 is 21.2. The first-order valence-corrected chi connectivity index (χ1v) is 11.2. The zero-order chi connectivity index (χ0) is 22.7. The maximum Gasteiger partial charge on any atom is 0.320 e. The Morgan fingerprint density at radius 1 is 1.00 bits per heavy atom. The molecule has 1 atom stereocenters. The van der Waals surface area contributed by atoms with Gasteiger partial charge in [0.1, 0.15) is 17.5 Å². The monoisotopic (exact) mass is 649 g/mol. The summed E-state index contributed by atoms with van der Waals surface area (Å²) >= 11 is 4.22. The van der Waals surface area contributed by atoms with E-state index < -0.39 is 23.6 Å². The van der Waals surface area contributed by atoms with Gasteiger partial charge in [-0.25, -0.2) is 4.39 Å². The van der Waals surface area contributed by atoms with Gasteiger partial charge < -0.3 is 25.8 Å². The van der Waals surface area contributed by atoms with Crippen molar-refractivity contribution >= 4 is 51.2 Å². The lowest BCUT2D eigenvalue weighted by Gasteiger charge is -2.14. The van der Waals surface area contributed by atoms with Crippen LogP contribution in [0.25, 0.3) is 0 Å². The Kier molecular flexibility index (Phi) is 7.59. The number of benzene rings is 3. The Bertz CT molecular complexity index is 1120. The molecular formula is C22H18FI2NO5. The topological polar surface area (TPSA) is 113 Å². The number of phenols is 2. The highest BCUT2D eigenvalue weighted by Crippen LogP contribution is 2.35. The predicted octanol–water partition coefficient (Wildman–Crippen LogP) is 4.78. The van der Waals surface area contributed by atoms with Crippen molar-refractivity contribution in [3.05, 3.63) is 78.2 Å². The van der Waals surface area contributed by atoms with E-state index in [0.717, 1.165) is 12.7 Å². The molecule has 3 aromatic carbocycles. The average Bonchev–Trinajstić information content (AvgIpc) is 2.70. The Morgan fingerprint density at radius 2 is 1.65 bits per heavy atom. The second-order valence-electron chi connectivity index (χ2n) is 6.89. The van der Waals surface area contributed by atoms with E-state index in [1.54, 1.807) is 18.2 Å². The van der Waals surface area contributed by atoms with E-state index in [-0.39, 0.29) is 18.6 Å². The Hall–Kier alpha value is -2.12. The highest BCUT2D eigenvalue weighted by Gasteiger charge is 2.16. The van der Waals surface area contributed by atoms with Gasteiger partial charge in [0.15, 0.2) is 17.3 Å². The van der Waals surface area contributed by atoms with Gasteiger partial charge in [0.2, 0.25) is 0 Å². The van der Waals surface area contributed by atoms with Crippen molar-refractivity contribution in [3.63, 3.8) is 0 Å². The quantitative estimate of drug-likeness (QED) is 0.274. The van der Waals surface area contributed by atoms with Crippen molar-refractivity contribution in [1.82, 2.24) is 0 Å². The molecule has 0 fully saturated rings. The summed E-state index contributed by atoms with van der Waals surface area (Å²) in [4.78, 5) is 11.0. The van der Waals surface area contributed by atoms with Gasteiger partial charge in [0, 0.05) is 12.0 Å². The number of carboxylic acids is 1. The Balaban J connectivity index is 1.83. The summed E-state index contributed by atoms with van der Waals surface area (Å²) in [5, 5.41) is 28.5. The van der Waals surface area contributed by atoms with Crippen LogP contribution < -0.4 is 10.5 Å². The minimum Gasteiger partial charge on any atom is -0.508 e. The number of nitrogens with two attached hydrogens (primary N) is 1. The molecule has 0 unspecified atom stereocenters. The molecule has 31 heavy (non-hydrogen) atoms. The van der Waals surface area contributed by atoms with Gasteiger partial charge in [-0.2, -0.15) is 0 Å². The molecule has 0 amide bonds. The number of hydrogen-bond acceptors (Lipinski definition) is 5. The Morgan fingerprint density at radius 3 is 2.26 bits per heavy atom. The molecule has 3 aromatic rings. The second-order valence-corrected chi connectivity index (χ2v) is 9.22. The normalized spacial score (nSPS) is 11.9. The first-order chi connectivity index (χ1) is 14.6. The predicted molar refractivity (Wildman–Crippen MR) is 130 cm³/mol. The van der Waals surface area contributed by atoms with Crippen molar-refractivity contribution < 1.29 is 29.2 Å². The number of carbonyl (C=O) groups is 1. The third-order valence-corrected chi connectivity index (χ3v) is 6.11. The van der Waals surface area contributed by atoms with E-state index in [2.05, 4.69) is 45.2 Å². The van der Waals surface area contributed by atoms with E-state index in [1.165, 1.54) is 18.2 Å². The molecule has 0 aromatic heterocycles. The maximum absolute atomic E-state index is 13.6. The van der Waals surface area contributed by atoms with Gasteiger partial charge in [-0.05, 0) is 105 Å². The first-order valence-electron chi connectivity index (χ1n) is 9.07. The van der Waals surface area contributed by atoms with Crippen LogP contribution in [0.4, 0.5) is 4.39 Å². The molecule has 0 saturated heterocycles. The fourth-order valence-corrected chi connectivity index (χ4v) is 5.05. The van der Waals surface area contributed by atoms with Crippen LogP contribution in [-0.2, 0) is 17.6 Å². The summed E-state index contributed by atoms with van der Waals surface area (Å²) in [5.74, 6) is -1.09. The summed E-state index contributed by atoms with van der Waals surface area (Å²) in [7, 11) is 0. The van der Waals surface area contributed by atoms with E-state index in [1.807, 2.05) is 12.1 Å². The van der Waals surface area contributed by atoms with Crippen LogP contribution in [0.1, 0.15) is 16.7 Å². The number of rotatable bonds is 7. The van der Waals surface area contributed by atoms with Crippen LogP contribution in [0.3, 0.4) is 0 Å². The molecule has 0 aliphatic carbocycles. The molecule has 6 nitrogen and oxygen atoms in total. The van der Waals surface area contributed by atoms with Gasteiger partial charge in [-0.1, -0.05) is 6.07 Å². The largest absolute Gasteiger partial charge is 0.508 e. The van der Waals surface area contributed by atoms with Gasteiger partial charge in [0.25, 0.3) is 0 Å². The molecule has 9 heteroatoms. The van der Waals surface area contributed by atoms with Crippen molar-refractivity contribution in [2.75, 3.05) is 0 Å². The number of carboxylic acid groups (broad SMARTS) is 1. The van der Waals surface area contributed by atoms with Crippen LogP contribution in [0.5, 0.6) is 23.0 Å². The van der Waals surface area contributed by atoms with Crippen LogP contribution in [0, 0.1) is 13.0 Å². The highest BCUT2D eigenvalue weighted by molar-refractivity contribution is 14.1. The standard InChI is InChI=1S/C22H18FI2NO5/c23-15-6-11(1-3-20(15)28)5-13-10-14(2-4-19(13)27)31-21-16(24)7-12(8-17(21)25)9-18(26)22(29)30/h1-4,6-8,10,18,27-28H,5,9,26H2,(H,29,30)/t18-/m0/s1. The number of hydrogen-bond donors (Lipinski definition) is 4. The van der Waals surface area contributed by atoms with Crippen molar-refractivity contribution in [3.8, 4) is 23.0 Å². The number of aromatic hydroxyl groups is 2. The lowest BCUT2D eigenvalue weighted by molar-refractivity contribution is -0.138. The lowest BCUT2D eigenvalue weighted by atomic mass is 10.0. The molecule has 0 heterocycles. The minimum atomic E-state index is -1.06. The molecule has 0 aliphatic rings. The minimum absolute atomic E-state index is 0.0447. The van der Waals surface area contributed by atoms with E-state index >= 15 is 0 Å². The van der Waals surface area contributed by atoms with E-state index in [4.69, 9.17) is 15.6 Å². The maximum atomic E-state index is 13.6. The smallest absolute Gasteiger partial charge is 0.320 e. The molecule has 0 bridgehead atoms. The molecule has 5 N–H and O–H groups in total. The van der Waals surface area contributed by atoms with Crippen molar-refractivity contribution in [2.45, 2.75) is 18.9 Å². The number of ether oxygens (including phenoxy) is 1. The summed E-state index contributed by atoms with van der Waals surface area (Å²) in [6.07, 6.45) is 0.453. The summed E-state index contributed by atoms with van der Waals surface area (Å²) in [5.41, 5.74) is 7.54. The fourth-order valence-electron chi connectivity index (χ4n) is 2.93. The third kappa shape index (κ3) is 5.98. The average molecular weight is 649 g/mol. The molecule has 0 saturated carbocycles. The first kappa shape index (κ1) is 23.5. The third-order valence-electron chi connectivity index (χ3n) is 4.51. The molecule has 0 aliphatic heterocycles. The highest BCUT2D eigenvalue weighted by atomic mass is 127. The lowest BCUT2D eigenvalue weighted by Crippen LogP contribution is -2.32. The van der Waals surface area contributed by atoms with Crippen molar-refractivity contribution in [2.24, 2.45) is 5.73 Å². The molecular weight excluding hydrogens is 631 g/mol. The van der Waals surface area contributed by atoms with Gasteiger partial charge >= 0.3 is 5.97 Å². The van der Waals surface area contributed by atoms with Crippen LogP contribution in [0.2, 0.25) is 0 Å². The summed E-state index contributed by atoms with van der Waals surface area (Å²) in [6, 6.07) is 11.5. The van der Waals surface area contributed by atoms with Crippen LogP contribution in [0.15, 0.2) is 48.5 Å². The molecule has 162 valence electrons. The molecule has 0 radical (unpaired) electrons. The van der Waals surface area contributed by atoms with Gasteiger partial charge in [0.05, 0.1) is 7.14 Å². The summed E-state index contributed by atoms with van der Waals surface area (Å²) in [6.45, 7) is 0. The molecule has 3 rings (SSSR count). The second kappa shape index (κ2) is 10.0. The zero-order valence-corrected chi connectivity index (χ0v) is 20.3. The van der Waals surface area contributed by atoms with Crippen LogP contribution >= 0.6 is 45.2 Å². The van der Waals surface area contributed by atoms with Gasteiger partial charge in [-0.15, -0.1) is 0 Å². The SMILES string of the molecule is N[C@@H](Cc1cc(I)c(Oc2ccc(O)c(Cc3ccc(O)c(F)c3)c2)c(I)c1)C(=O)O. The van der Waals surface area contributed by atoms with Gasteiger partial charge in [-0.3, -0.25) is 4.79 Å². The number of phenolic OH excluding ortho intramolecular Hbond substituents is 2.